The molecule has 1 heterocycles. The van der Waals surface area contributed by atoms with Crippen LogP contribution in [0.3, 0.4) is 0 Å². The van der Waals surface area contributed by atoms with Gasteiger partial charge in [-0.1, -0.05) is 18.2 Å². The molecular weight excluding hydrogens is 376 g/mol. The molecule has 0 aliphatic heterocycles. The van der Waals surface area contributed by atoms with E-state index >= 15 is 0 Å². The van der Waals surface area contributed by atoms with E-state index in [2.05, 4.69) is 26.0 Å². The highest BCUT2D eigenvalue weighted by Gasteiger charge is 2.19. The predicted molar refractivity (Wildman–Crippen MR) is 119 cm³/mol. The fraction of sp³-hybridized carbons (Fsp3) is 0.360. The number of aliphatic hydroxyl groups is 1. The lowest BCUT2D eigenvalue weighted by Gasteiger charge is -2.17. The fourth-order valence-corrected chi connectivity index (χ4v) is 3.60. The van der Waals surface area contributed by atoms with Crippen LogP contribution in [0, 0.1) is 20.8 Å². The van der Waals surface area contributed by atoms with Crippen LogP contribution < -0.4 is 4.74 Å². The van der Waals surface area contributed by atoms with E-state index in [0.29, 0.717) is 25.1 Å². The smallest absolute Gasteiger partial charge is 0.150 e. The van der Waals surface area contributed by atoms with Crippen molar-refractivity contribution in [2.24, 2.45) is 0 Å². The maximum absolute atomic E-state index is 10.8. The first kappa shape index (κ1) is 21.8. The lowest BCUT2D eigenvalue weighted by atomic mass is 9.95. The normalized spacial score (nSPS) is 11.5. The van der Waals surface area contributed by atoms with Crippen molar-refractivity contribution in [3.8, 4) is 16.9 Å². The third-order valence-electron chi connectivity index (χ3n) is 5.44. The Morgan fingerprint density at radius 1 is 1.10 bits per heavy atom. The van der Waals surface area contributed by atoms with Crippen LogP contribution in [0.25, 0.3) is 11.1 Å². The molecule has 3 aromatic rings. The van der Waals surface area contributed by atoms with E-state index in [0.717, 1.165) is 45.7 Å². The van der Waals surface area contributed by atoms with Gasteiger partial charge >= 0.3 is 0 Å². The standard InChI is InChI=1S/C25H30N2O3/c1-17-21(16-30-22-11-9-20(15-28)10-12-22)7-6-8-23(17)24-18(2)26-27(19(24)3)14-13-25(4,5)29/h6-12,15,29H,13-14,16H2,1-5H3. The van der Waals surface area contributed by atoms with Gasteiger partial charge in [-0.3, -0.25) is 9.48 Å². The molecule has 0 bridgehead atoms. The summed E-state index contributed by atoms with van der Waals surface area (Å²) >= 11 is 0. The monoisotopic (exact) mass is 406 g/mol. The van der Waals surface area contributed by atoms with Crippen LogP contribution >= 0.6 is 0 Å². The minimum atomic E-state index is -0.719. The second-order valence-corrected chi connectivity index (χ2v) is 8.40. The molecule has 0 amide bonds. The molecule has 1 aromatic heterocycles. The van der Waals surface area contributed by atoms with Gasteiger partial charge in [-0.15, -0.1) is 0 Å². The van der Waals surface area contributed by atoms with Gasteiger partial charge in [-0.25, -0.2) is 0 Å². The maximum atomic E-state index is 10.8. The lowest BCUT2D eigenvalue weighted by Crippen LogP contribution is -2.21. The second kappa shape index (κ2) is 8.84. The summed E-state index contributed by atoms with van der Waals surface area (Å²) in [4.78, 5) is 10.8. The fourth-order valence-electron chi connectivity index (χ4n) is 3.60. The highest BCUT2D eigenvalue weighted by atomic mass is 16.5. The zero-order valence-corrected chi connectivity index (χ0v) is 18.4. The predicted octanol–water partition coefficient (Wildman–Crippen LogP) is 5.03. The molecule has 158 valence electrons. The Hall–Kier alpha value is -2.92. The minimum absolute atomic E-state index is 0.449. The van der Waals surface area contributed by atoms with Gasteiger partial charge in [0.25, 0.3) is 0 Å². The van der Waals surface area contributed by atoms with Gasteiger partial charge in [0.05, 0.1) is 11.3 Å². The first-order valence-corrected chi connectivity index (χ1v) is 10.2. The Bertz CT molecular complexity index is 1030. The summed E-state index contributed by atoms with van der Waals surface area (Å²) in [5.41, 5.74) is 6.55. The number of hydrogen-bond acceptors (Lipinski definition) is 4. The van der Waals surface area contributed by atoms with Crippen molar-refractivity contribution in [3.63, 3.8) is 0 Å². The topological polar surface area (TPSA) is 64.3 Å². The van der Waals surface area contributed by atoms with Gasteiger partial charge < -0.3 is 9.84 Å². The Balaban J connectivity index is 1.83. The van der Waals surface area contributed by atoms with Crippen molar-refractivity contribution in [2.45, 2.75) is 59.8 Å². The molecule has 0 unspecified atom stereocenters. The molecule has 5 nitrogen and oxygen atoms in total. The molecule has 0 fully saturated rings. The number of rotatable bonds is 8. The highest BCUT2D eigenvalue weighted by molar-refractivity contribution is 5.75. The zero-order valence-electron chi connectivity index (χ0n) is 18.4. The van der Waals surface area contributed by atoms with Crippen LogP contribution in [-0.2, 0) is 13.2 Å². The number of aryl methyl sites for hydroxylation is 2. The Labute approximate surface area is 178 Å². The Kier molecular flexibility index (Phi) is 6.42. The number of ether oxygens (including phenoxy) is 1. The summed E-state index contributed by atoms with van der Waals surface area (Å²) in [6, 6.07) is 13.4. The first-order valence-electron chi connectivity index (χ1n) is 10.2. The summed E-state index contributed by atoms with van der Waals surface area (Å²) in [6.45, 7) is 11.0. The number of carbonyl (C=O) groups is 1. The molecule has 0 spiro atoms. The van der Waals surface area contributed by atoms with Crippen molar-refractivity contribution in [1.82, 2.24) is 9.78 Å². The molecule has 30 heavy (non-hydrogen) atoms. The molecule has 0 aliphatic carbocycles. The molecule has 0 atom stereocenters. The van der Waals surface area contributed by atoms with Crippen LogP contribution in [0.4, 0.5) is 0 Å². The third-order valence-corrected chi connectivity index (χ3v) is 5.44. The van der Waals surface area contributed by atoms with Gasteiger partial charge in [-0.05, 0) is 82.0 Å². The number of nitrogens with zero attached hydrogens (tertiary/aromatic N) is 2. The molecule has 5 heteroatoms. The van der Waals surface area contributed by atoms with Crippen LogP contribution in [-0.4, -0.2) is 26.8 Å². The number of aromatic nitrogens is 2. The molecule has 1 N–H and O–H groups in total. The molecule has 2 aromatic carbocycles. The van der Waals surface area contributed by atoms with E-state index in [1.54, 1.807) is 12.1 Å². The van der Waals surface area contributed by atoms with E-state index in [1.165, 1.54) is 0 Å². The van der Waals surface area contributed by atoms with Crippen molar-refractivity contribution >= 4 is 6.29 Å². The number of aldehydes is 1. The van der Waals surface area contributed by atoms with Crippen molar-refractivity contribution in [2.75, 3.05) is 0 Å². The number of hydrogen-bond donors (Lipinski definition) is 1. The Morgan fingerprint density at radius 3 is 2.43 bits per heavy atom. The van der Waals surface area contributed by atoms with Crippen LogP contribution in [0.5, 0.6) is 5.75 Å². The zero-order chi connectivity index (χ0) is 21.9. The maximum Gasteiger partial charge on any atom is 0.150 e. The third kappa shape index (κ3) is 4.97. The summed E-state index contributed by atoms with van der Waals surface area (Å²) in [5, 5.41) is 14.8. The number of benzene rings is 2. The second-order valence-electron chi connectivity index (χ2n) is 8.40. The van der Waals surface area contributed by atoms with Crippen molar-refractivity contribution < 1.29 is 14.6 Å². The minimum Gasteiger partial charge on any atom is -0.489 e. The average molecular weight is 407 g/mol. The van der Waals surface area contributed by atoms with E-state index in [4.69, 9.17) is 9.84 Å². The van der Waals surface area contributed by atoms with Crippen LogP contribution in [0.15, 0.2) is 42.5 Å². The van der Waals surface area contributed by atoms with E-state index < -0.39 is 5.60 Å². The summed E-state index contributed by atoms with van der Waals surface area (Å²) in [7, 11) is 0. The number of carbonyl (C=O) groups excluding carboxylic acids is 1. The van der Waals surface area contributed by atoms with Gasteiger partial charge in [-0.2, -0.15) is 5.10 Å². The molecule has 0 saturated carbocycles. The van der Waals surface area contributed by atoms with Crippen molar-refractivity contribution in [3.05, 3.63) is 70.5 Å². The van der Waals surface area contributed by atoms with Gasteiger partial charge in [0.15, 0.2) is 0 Å². The molecule has 0 saturated heterocycles. The summed E-state index contributed by atoms with van der Waals surface area (Å²) < 4.78 is 7.93. The van der Waals surface area contributed by atoms with Crippen molar-refractivity contribution in [1.29, 1.82) is 0 Å². The van der Waals surface area contributed by atoms with E-state index in [-0.39, 0.29) is 0 Å². The van der Waals surface area contributed by atoms with Crippen LogP contribution in [0.2, 0.25) is 0 Å². The molecule has 3 rings (SSSR count). The lowest BCUT2D eigenvalue weighted by molar-refractivity contribution is 0.0649. The van der Waals surface area contributed by atoms with E-state index in [9.17, 15) is 9.90 Å². The van der Waals surface area contributed by atoms with Gasteiger partial charge in [0.1, 0.15) is 18.6 Å². The molecule has 0 radical (unpaired) electrons. The molecule has 0 aliphatic rings. The highest BCUT2D eigenvalue weighted by Crippen LogP contribution is 2.32. The average Bonchev–Trinajstić information content (AvgIpc) is 2.99. The van der Waals surface area contributed by atoms with Crippen LogP contribution in [0.1, 0.15) is 53.1 Å². The Morgan fingerprint density at radius 2 is 1.80 bits per heavy atom. The largest absolute Gasteiger partial charge is 0.489 e. The van der Waals surface area contributed by atoms with Gasteiger partial charge in [0, 0.05) is 23.4 Å². The SMILES string of the molecule is Cc1nn(CCC(C)(C)O)c(C)c1-c1cccc(COc2ccc(C=O)cc2)c1C. The van der Waals surface area contributed by atoms with E-state index in [1.807, 2.05) is 43.7 Å². The molecular formula is C25H30N2O3. The van der Waals surface area contributed by atoms with Gasteiger partial charge in [0.2, 0.25) is 0 Å². The summed E-state index contributed by atoms with van der Waals surface area (Å²) in [6.07, 6.45) is 1.47. The summed E-state index contributed by atoms with van der Waals surface area (Å²) in [5.74, 6) is 0.734. The first-order chi connectivity index (χ1) is 14.2. The quantitative estimate of drug-likeness (QED) is 0.533.